The highest BCUT2D eigenvalue weighted by molar-refractivity contribution is 7.99. The van der Waals surface area contributed by atoms with Crippen molar-refractivity contribution in [3.05, 3.63) is 10.5 Å². The molecule has 0 aromatic carbocycles. The van der Waals surface area contributed by atoms with E-state index < -0.39 is 0 Å². The Morgan fingerprint density at radius 1 is 1.53 bits per heavy atom. The second kappa shape index (κ2) is 5.73. The van der Waals surface area contributed by atoms with Crippen LogP contribution >= 0.6 is 11.8 Å². The zero-order chi connectivity index (χ0) is 12.3. The number of aromatic amines is 1. The van der Waals surface area contributed by atoms with E-state index in [1.54, 1.807) is 16.3 Å². The fraction of sp³-hybridized carbons (Fsp3) is 0.818. The summed E-state index contributed by atoms with van der Waals surface area (Å²) in [5, 5.41) is 7.81. The molecule has 1 fully saturated rings. The maximum atomic E-state index is 11.6. The van der Waals surface area contributed by atoms with Crippen LogP contribution in [0, 0.1) is 0 Å². The third-order valence-corrected chi connectivity index (χ3v) is 4.59. The minimum Gasteiger partial charge on any atom is -0.327 e. The van der Waals surface area contributed by atoms with Crippen molar-refractivity contribution in [2.75, 3.05) is 0 Å². The summed E-state index contributed by atoms with van der Waals surface area (Å²) in [5.41, 5.74) is 6.00. The smallest absolute Gasteiger partial charge is 0.327 e. The fourth-order valence-corrected chi connectivity index (χ4v) is 3.49. The molecule has 0 saturated heterocycles. The highest BCUT2D eigenvalue weighted by atomic mass is 32.2. The number of aromatic nitrogens is 3. The van der Waals surface area contributed by atoms with Crippen LogP contribution in [0.25, 0.3) is 0 Å². The zero-order valence-electron chi connectivity index (χ0n) is 10.2. The van der Waals surface area contributed by atoms with Gasteiger partial charge in [0.1, 0.15) is 0 Å². The van der Waals surface area contributed by atoms with Crippen molar-refractivity contribution in [2.45, 2.75) is 62.0 Å². The summed E-state index contributed by atoms with van der Waals surface area (Å²) in [7, 11) is 0. The van der Waals surface area contributed by atoms with Gasteiger partial charge in [-0.3, -0.25) is 4.57 Å². The molecule has 0 radical (unpaired) electrons. The van der Waals surface area contributed by atoms with Crippen LogP contribution in [0.15, 0.2) is 9.95 Å². The molecule has 96 valence electrons. The van der Waals surface area contributed by atoms with E-state index in [2.05, 4.69) is 17.1 Å². The molecule has 5 nitrogen and oxygen atoms in total. The van der Waals surface area contributed by atoms with Crippen LogP contribution in [0.1, 0.15) is 39.0 Å². The SMILES string of the molecule is CCCn1c(SC2CCCCC2N)n[nH]c1=O. The quantitative estimate of drug-likeness (QED) is 0.852. The molecular weight excluding hydrogens is 236 g/mol. The Kier molecular flexibility index (Phi) is 4.28. The molecule has 0 aliphatic heterocycles. The molecule has 1 aliphatic rings. The summed E-state index contributed by atoms with van der Waals surface area (Å²) in [6.07, 6.45) is 5.59. The molecule has 3 N–H and O–H groups in total. The number of nitrogens with zero attached hydrogens (tertiary/aromatic N) is 2. The van der Waals surface area contributed by atoms with Crippen molar-refractivity contribution >= 4 is 11.8 Å². The molecule has 2 rings (SSSR count). The van der Waals surface area contributed by atoms with Crippen LogP contribution in [-0.2, 0) is 6.54 Å². The largest absolute Gasteiger partial charge is 0.343 e. The Bertz CT molecular complexity index is 414. The van der Waals surface area contributed by atoms with Gasteiger partial charge in [0.05, 0.1) is 0 Å². The first kappa shape index (κ1) is 12.7. The van der Waals surface area contributed by atoms with E-state index in [-0.39, 0.29) is 11.7 Å². The lowest BCUT2D eigenvalue weighted by Gasteiger charge is -2.27. The molecule has 1 aromatic rings. The van der Waals surface area contributed by atoms with Crippen LogP contribution in [0.3, 0.4) is 0 Å². The van der Waals surface area contributed by atoms with E-state index in [1.807, 2.05) is 0 Å². The maximum Gasteiger partial charge on any atom is 0.343 e. The van der Waals surface area contributed by atoms with E-state index in [0.717, 1.165) is 31.0 Å². The van der Waals surface area contributed by atoms with E-state index >= 15 is 0 Å². The van der Waals surface area contributed by atoms with E-state index in [1.165, 1.54) is 12.8 Å². The number of H-pyrrole nitrogens is 1. The summed E-state index contributed by atoms with van der Waals surface area (Å²) in [6.45, 7) is 2.78. The van der Waals surface area contributed by atoms with Gasteiger partial charge in [0.25, 0.3) is 0 Å². The van der Waals surface area contributed by atoms with Crippen LogP contribution in [-0.4, -0.2) is 26.1 Å². The van der Waals surface area contributed by atoms with Gasteiger partial charge in [-0.2, -0.15) is 0 Å². The van der Waals surface area contributed by atoms with Gasteiger partial charge in [-0.1, -0.05) is 31.5 Å². The van der Waals surface area contributed by atoms with Crippen LogP contribution in [0.4, 0.5) is 0 Å². The number of hydrogen-bond acceptors (Lipinski definition) is 4. The normalized spacial score (nSPS) is 25.1. The Morgan fingerprint density at radius 3 is 3.00 bits per heavy atom. The molecule has 0 bridgehead atoms. The first-order valence-electron chi connectivity index (χ1n) is 6.29. The third kappa shape index (κ3) is 2.93. The minimum absolute atomic E-state index is 0.112. The monoisotopic (exact) mass is 256 g/mol. The Balaban J connectivity index is 2.09. The predicted octanol–water partition coefficient (Wildman–Crippen LogP) is 1.34. The van der Waals surface area contributed by atoms with Gasteiger partial charge in [-0.25, -0.2) is 9.89 Å². The highest BCUT2D eigenvalue weighted by Crippen LogP contribution is 2.31. The van der Waals surface area contributed by atoms with E-state index in [0.29, 0.717) is 5.25 Å². The summed E-state index contributed by atoms with van der Waals surface area (Å²) < 4.78 is 1.71. The number of thioether (sulfide) groups is 1. The molecule has 0 amide bonds. The van der Waals surface area contributed by atoms with Gasteiger partial charge in [-0.05, 0) is 19.3 Å². The van der Waals surface area contributed by atoms with Crippen LogP contribution < -0.4 is 11.4 Å². The van der Waals surface area contributed by atoms with E-state index in [4.69, 9.17) is 5.73 Å². The summed E-state index contributed by atoms with van der Waals surface area (Å²) in [4.78, 5) is 11.6. The Morgan fingerprint density at radius 2 is 2.29 bits per heavy atom. The molecule has 2 atom stereocenters. The van der Waals surface area contributed by atoms with Crippen LogP contribution in [0.2, 0.25) is 0 Å². The van der Waals surface area contributed by atoms with Gasteiger partial charge in [0, 0.05) is 17.8 Å². The zero-order valence-corrected chi connectivity index (χ0v) is 11.0. The molecule has 1 aliphatic carbocycles. The molecule has 1 aromatic heterocycles. The summed E-state index contributed by atoms with van der Waals surface area (Å²) in [6, 6.07) is 0.232. The number of nitrogens with one attached hydrogen (secondary N) is 1. The number of nitrogens with two attached hydrogens (primary N) is 1. The molecule has 0 spiro atoms. The highest BCUT2D eigenvalue weighted by Gasteiger charge is 2.24. The fourth-order valence-electron chi connectivity index (χ4n) is 2.22. The maximum absolute atomic E-state index is 11.6. The first-order chi connectivity index (χ1) is 8.22. The summed E-state index contributed by atoms with van der Waals surface area (Å²) in [5.74, 6) is 0. The molecule has 2 unspecified atom stereocenters. The molecular formula is C11H20N4OS. The van der Waals surface area contributed by atoms with Gasteiger partial charge in [-0.15, -0.1) is 5.10 Å². The predicted molar refractivity (Wildman–Crippen MR) is 69.2 cm³/mol. The van der Waals surface area contributed by atoms with Gasteiger partial charge in [0.2, 0.25) is 0 Å². The van der Waals surface area contributed by atoms with Crippen molar-refractivity contribution in [1.82, 2.24) is 14.8 Å². The van der Waals surface area contributed by atoms with Crippen LogP contribution in [0.5, 0.6) is 0 Å². The van der Waals surface area contributed by atoms with Crippen molar-refractivity contribution in [1.29, 1.82) is 0 Å². The molecule has 1 heterocycles. The average Bonchev–Trinajstić information content (AvgIpc) is 2.65. The Labute approximate surface area is 105 Å². The number of rotatable bonds is 4. The first-order valence-corrected chi connectivity index (χ1v) is 7.17. The second-order valence-corrected chi connectivity index (χ2v) is 5.77. The third-order valence-electron chi connectivity index (χ3n) is 3.18. The average molecular weight is 256 g/mol. The van der Waals surface area contributed by atoms with Crippen molar-refractivity contribution in [3.63, 3.8) is 0 Å². The minimum atomic E-state index is -0.112. The molecule has 1 saturated carbocycles. The van der Waals surface area contributed by atoms with E-state index in [9.17, 15) is 4.79 Å². The standard InChI is InChI=1S/C11H20N4OS/c1-2-7-15-10(16)13-14-11(15)17-9-6-4-3-5-8(9)12/h8-9H,2-7,12H2,1H3,(H,13,16). The van der Waals surface area contributed by atoms with Crippen molar-refractivity contribution in [3.8, 4) is 0 Å². The van der Waals surface area contributed by atoms with Gasteiger partial charge >= 0.3 is 5.69 Å². The summed E-state index contributed by atoms with van der Waals surface area (Å²) >= 11 is 1.66. The molecule has 17 heavy (non-hydrogen) atoms. The van der Waals surface area contributed by atoms with Crippen molar-refractivity contribution < 1.29 is 0 Å². The van der Waals surface area contributed by atoms with Gasteiger partial charge in [0.15, 0.2) is 5.16 Å². The molecule has 6 heteroatoms. The Hall–Kier alpha value is -0.750. The van der Waals surface area contributed by atoms with Crippen molar-refractivity contribution in [2.24, 2.45) is 5.73 Å². The topological polar surface area (TPSA) is 76.7 Å². The van der Waals surface area contributed by atoms with Gasteiger partial charge < -0.3 is 5.73 Å². The lowest BCUT2D eigenvalue weighted by molar-refractivity contribution is 0.451. The second-order valence-electron chi connectivity index (χ2n) is 4.57. The lowest BCUT2D eigenvalue weighted by Crippen LogP contribution is -2.35. The number of hydrogen-bond donors (Lipinski definition) is 2. The lowest BCUT2D eigenvalue weighted by atomic mass is 9.96.